The Hall–Kier alpha value is -1.26. The number of hydrogen-bond donors (Lipinski definition) is 0. The first kappa shape index (κ1) is 11.8. The lowest BCUT2D eigenvalue weighted by Gasteiger charge is -2.04. The number of carbonyl (C=O) groups excluding carboxylic acids is 1. The molecule has 3 nitrogen and oxygen atoms in total. The molecule has 0 radical (unpaired) electrons. The number of alkyl halides is 2. The standard InChI is InChI=1S/C10H14F2N2O/c1-3-8-7(6-15)9(4-2)14(13-8)5-10(11)12/h6,10H,3-5H2,1-2H3. The van der Waals surface area contributed by atoms with Gasteiger partial charge in [0.25, 0.3) is 6.43 Å². The number of aromatic nitrogens is 2. The second-order valence-corrected chi connectivity index (χ2v) is 3.21. The van der Waals surface area contributed by atoms with Crippen molar-refractivity contribution in [3.63, 3.8) is 0 Å². The zero-order valence-electron chi connectivity index (χ0n) is 8.83. The van der Waals surface area contributed by atoms with E-state index in [0.717, 1.165) is 0 Å². The van der Waals surface area contributed by atoms with E-state index in [1.54, 1.807) is 0 Å². The summed E-state index contributed by atoms with van der Waals surface area (Å²) in [4.78, 5) is 10.8. The van der Waals surface area contributed by atoms with Crippen molar-refractivity contribution in [2.45, 2.75) is 39.7 Å². The number of rotatable bonds is 5. The van der Waals surface area contributed by atoms with E-state index < -0.39 is 13.0 Å². The third kappa shape index (κ3) is 2.40. The maximum absolute atomic E-state index is 12.2. The van der Waals surface area contributed by atoms with Gasteiger partial charge in [0, 0.05) is 5.69 Å². The van der Waals surface area contributed by atoms with Gasteiger partial charge in [-0.1, -0.05) is 13.8 Å². The van der Waals surface area contributed by atoms with Crippen LogP contribution in [0.5, 0.6) is 0 Å². The molecule has 1 rings (SSSR count). The molecule has 5 heteroatoms. The summed E-state index contributed by atoms with van der Waals surface area (Å²) in [7, 11) is 0. The predicted octanol–water partition coefficient (Wildman–Crippen LogP) is 2.09. The number of carbonyl (C=O) groups is 1. The summed E-state index contributed by atoms with van der Waals surface area (Å²) < 4.78 is 25.7. The molecule has 0 saturated carbocycles. The topological polar surface area (TPSA) is 34.9 Å². The van der Waals surface area contributed by atoms with E-state index in [0.29, 0.717) is 36.1 Å². The number of nitrogens with zero attached hydrogens (tertiary/aromatic N) is 2. The first-order valence-electron chi connectivity index (χ1n) is 4.95. The summed E-state index contributed by atoms with van der Waals surface area (Å²) in [5, 5.41) is 4.02. The molecular formula is C10H14F2N2O. The average molecular weight is 216 g/mol. The highest BCUT2D eigenvalue weighted by Crippen LogP contribution is 2.15. The normalized spacial score (nSPS) is 11.0. The van der Waals surface area contributed by atoms with E-state index in [1.807, 2.05) is 13.8 Å². The zero-order chi connectivity index (χ0) is 11.4. The fourth-order valence-electron chi connectivity index (χ4n) is 1.62. The molecular weight excluding hydrogens is 202 g/mol. The fourth-order valence-corrected chi connectivity index (χ4v) is 1.62. The highest BCUT2D eigenvalue weighted by molar-refractivity contribution is 5.78. The molecule has 0 N–H and O–H groups in total. The van der Waals surface area contributed by atoms with Gasteiger partial charge < -0.3 is 0 Å². The molecule has 0 aliphatic carbocycles. The summed E-state index contributed by atoms with van der Waals surface area (Å²) in [6, 6.07) is 0. The predicted molar refractivity (Wildman–Crippen MR) is 52.4 cm³/mol. The summed E-state index contributed by atoms with van der Waals surface area (Å²) in [6.07, 6.45) is -0.628. The van der Waals surface area contributed by atoms with Gasteiger partial charge in [-0.3, -0.25) is 9.48 Å². The minimum Gasteiger partial charge on any atom is -0.298 e. The van der Waals surface area contributed by atoms with Crippen LogP contribution >= 0.6 is 0 Å². The lowest BCUT2D eigenvalue weighted by Crippen LogP contribution is -2.11. The lowest BCUT2D eigenvalue weighted by molar-refractivity contribution is 0.111. The maximum atomic E-state index is 12.2. The molecule has 0 spiro atoms. The average Bonchev–Trinajstić information content (AvgIpc) is 2.53. The number of aldehydes is 1. The van der Waals surface area contributed by atoms with Crippen LogP contribution in [-0.2, 0) is 19.4 Å². The molecule has 0 aliphatic heterocycles. The van der Waals surface area contributed by atoms with Gasteiger partial charge in [-0.2, -0.15) is 5.10 Å². The Morgan fingerprint density at radius 2 is 2.07 bits per heavy atom. The molecule has 0 bridgehead atoms. The Morgan fingerprint density at radius 1 is 1.40 bits per heavy atom. The minimum atomic E-state index is -2.44. The Morgan fingerprint density at radius 3 is 2.47 bits per heavy atom. The molecule has 0 fully saturated rings. The first-order chi connectivity index (χ1) is 7.13. The van der Waals surface area contributed by atoms with Crippen LogP contribution < -0.4 is 0 Å². The summed E-state index contributed by atoms with van der Waals surface area (Å²) in [5.41, 5.74) is 1.67. The van der Waals surface area contributed by atoms with Gasteiger partial charge in [-0.15, -0.1) is 0 Å². The highest BCUT2D eigenvalue weighted by atomic mass is 19.3. The quantitative estimate of drug-likeness (QED) is 0.706. The molecule has 84 valence electrons. The van der Waals surface area contributed by atoms with E-state index in [9.17, 15) is 13.6 Å². The Kier molecular flexibility index (Phi) is 3.94. The van der Waals surface area contributed by atoms with E-state index >= 15 is 0 Å². The van der Waals surface area contributed by atoms with E-state index in [1.165, 1.54) is 4.68 Å². The van der Waals surface area contributed by atoms with Gasteiger partial charge >= 0.3 is 0 Å². The van der Waals surface area contributed by atoms with E-state index in [2.05, 4.69) is 5.10 Å². The van der Waals surface area contributed by atoms with Gasteiger partial charge in [0.2, 0.25) is 0 Å². The Bertz CT molecular complexity index is 347. The van der Waals surface area contributed by atoms with Gasteiger partial charge in [0.15, 0.2) is 6.29 Å². The van der Waals surface area contributed by atoms with Gasteiger partial charge in [-0.05, 0) is 12.8 Å². The number of halogens is 2. The molecule has 0 atom stereocenters. The first-order valence-corrected chi connectivity index (χ1v) is 4.95. The van der Waals surface area contributed by atoms with Gasteiger partial charge in [-0.25, -0.2) is 8.78 Å². The summed E-state index contributed by atoms with van der Waals surface area (Å²) in [6.45, 7) is 3.23. The fraction of sp³-hybridized carbons (Fsp3) is 0.600. The van der Waals surface area contributed by atoms with Crippen molar-refractivity contribution < 1.29 is 13.6 Å². The molecule has 0 unspecified atom stereocenters. The second kappa shape index (κ2) is 5.00. The third-order valence-electron chi connectivity index (χ3n) is 2.27. The van der Waals surface area contributed by atoms with Crippen molar-refractivity contribution in [3.8, 4) is 0 Å². The molecule has 1 heterocycles. The minimum absolute atomic E-state index is 0.440. The van der Waals surface area contributed by atoms with Crippen LogP contribution in [-0.4, -0.2) is 22.5 Å². The monoisotopic (exact) mass is 216 g/mol. The van der Waals surface area contributed by atoms with Crippen LogP contribution in [0.4, 0.5) is 8.78 Å². The van der Waals surface area contributed by atoms with Crippen molar-refractivity contribution in [2.75, 3.05) is 0 Å². The van der Waals surface area contributed by atoms with Crippen LogP contribution in [0.2, 0.25) is 0 Å². The van der Waals surface area contributed by atoms with E-state index in [4.69, 9.17) is 0 Å². The molecule has 0 amide bonds. The van der Waals surface area contributed by atoms with E-state index in [-0.39, 0.29) is 0 Å². The lowest BCUT2D eigenvalue weighted by atomic mass is 10.1. The van der Waals surface area contributed by atoms with Crippen molar-refractivity contribution >= 4 is 6.29 Å². The molecule has 15 heavy (non-hydrogen) atoms. The smallest absolute Gasteiger partial charge is 0.257 e. The molecule has 1 aromatic heterocycles. The summed E-state index contributed by atoms with van der Waals surface area (Å²) >= 11 is 0. The molecule has 0 aliphatic rings. The second-order valence-electron chi connectivity index (χ2n) is 3.21. The van der Waals surface area contributed by atoms with Crippen molar-refractivity contribution in [1.29, 1.82) is 0 Å². The zero-order valence-corrected chi connectivity index (χ0v) is 8.83. The van der Waals surface area contributed by atoms with Crippen LogP contribution in [0, 0.1) is 0 Å². The maximum Gasteiger partial charge on any atom is 0.257 e. The Balaban J connectivity index is 3.15. The van der Waals surface area contributed by atoms with Gasteiger partial charge in [0.1, 0.15) is 6.54 Å². The number of aryl methyl sites for hydroxylation is 1. The number of hydrogen-bond acceptors (Lipinski definition) is 2. The van der Waals surface area contributed by atoms with Crippen LogP contribution in [0.15, 0.2) is 0 Å². The van der Waals surface area contributed by atoms with Crippen molar-refractivity contribution in [2.24, 2.45) is 0 Å². The van der Waals surface area contributed by atoms with Crippen LogP contribution in [0.3, 0.4) is 0 Å². The van der Waals surface area contributed by atoms with Crippen LogP contribution in [0.1, 0.15) is 35.6 Å². The molecule has 1 aromatic rings. The SMILES string of the molecule is CCc1nn(CC(F)F)c(CC)c1C=O. The Labute approximate surface area is 87.1 Å². The van der Waals surface area contributed by atoms with Crippen molar-refractivity contribution in [3.05, 3.63) is 17.0 Å². The molecule has 0 saturated heterocycles. The largest absolute Gasteiger partial charge is 0.298 e. The highest BCUT2D eigenvalue weighted by Gasteiger charge is 2.16. The van der Waals surface area contributed by atoms with Crippen LogP contribution in [0.25, 0.3) is 0 Å². The summed E-state index contributed by atoms with van der Waals surface area (Å²) in [5.74, 6) is 0. The molecule has 0 aromatic carbocycles. The van der Waals surface area contributed by atoms with Crippen molar-refractivity contribution in [1.82, 2.24) is 9.78 Å². The third-order valence-corrected chi connectivity index (χ3v) is 2.27. The van der Waals surface area contributed by atoms with Gasteiger partial charge in [0.05, 0.1) is 11.3 Å².